The van der Waals surface area contributed by atoms with Crippen molar-refractivity contribution in [1.82, 2.24) is 5.01 Å². The summed E-state index contributed by atoms with van der Waals surface area (Å²) >= 11 is 0. The molecular formula is C25H28N4O2. The fourth-order valence-electron chi connectivity index (χ4n) is 3.50. The Bertz CT molecular complexity index is 989. The molecule has 31 heavy (non-hydrogen) atoms. The Morgan fingerprint density at radius 2 is 1.84 bits per heavy atom. The van der Waals surface area contributed by atoms with E-state index in [4.69, 9.17) is 0 Å². The summed E-state index contributed by atoms with van der Waals surface area (Å²) in [5, 5.41) is 6.20. The third-order valence-electron chi connectivity index (χ3n) is 5.27. The van der Waals surface area contributed by atoms with Crippen LogP contribution in [0.25, 0.3) is 0 Å². The van der Waals surface area contributed by atoms with Gasteiger partial charge in [-0.15, -0.1) is 0 Å². The van der Waals surface area contributed by atoms with E-state index < -0.39 is 0 Å². The molecule has 0 spiro atoms. The van der Waals surface area contributed by atoms with Crippen molar-refractivity contribution < 1.29 is 9.59 Å². The van der Waals surface area contributed by atoms with Crippen LogP contribution in [0.2, 0.25) is 0 Å². The van der Waals surface area contributed by atoms with Crippen LogP contribution in [0.3, 0.4) is 0 Å². The monoisotopic (exact) mass is 416 g/mol. The molecule has 6 heteroatoms. The van der Waals surface area contributed by atoms with Crippen LogP contribution in [0.4, 0.5) is 5.69 Å². The van der Waals surface area contributed by atoms with Gasteiger partial charge >= 0.3 is 0 Å². The Balaban J connectivity index is 1.86. The van der Waals surface area contributed by atoms with Crippen LogP contribution in [0, 0.1) is 0 Å². The van der Waals surface area contributed by atoms with E-state index >= 15 is 0 Å². The van der Waals surface area contributed by atoms with Gasteiger partial charge < -0.3 is 4.79 Å². The molecule has 1 unspecified atom stereocenters. The maximum Gasteiger partial charge on any atom is 0.243 e. The van der Waals surface area contributed by atoms with Gasteiger partial charge in [-0.1, -0.05) is 50.2 Å². The minimum Gasteiger partial charge on any atom is -0.303 e. The molecule has 0 aromatic heterocycles. The Morgan fingerprint density at radius 3 is 2.45 bits per heavy atom. The first-order chi connectivity index (χ1) is 15.0. The molecule has 0 saturated heterocycles. The highest BCUT2D eigenvalue weighted by atomic mass is 16.2. The summed E-state index contributed by atoms with van der Waals surface area (Å²) < 4.78 is 0. The fourth-order valence-corrected chi connectivity index (χ4v) is 3.50. The lowest BCUT2D eigenvalue weighted by Gasteiger charge is -2.22. The second kappa shape index (κ2) is 10.6. The van der Waals surface area contributed by atoms with Crippen LogP contribution in [0.5, 0.6) is 0 Å². The van der Waals surface area contributed by atoms with Crippen LogP contribution >= 0.6 is 0 Å². The first-order valence-electron chi connectivity index (χ1n) is 10.5. The van der Waals surface area contributed by atoms with Crippen LogP contribution in [-0.4, -0.2) is 42.4 Å². The first kappa shape index (κ1) is 22.3. The van der Waals surface area contributed by atoms with Crippen molar-refractivity contribution in [3.8, 4) is 0 Å². The summed E-state index contributed by atoms with van der Waals surface area (Å²) in [5.74, 6) is 0.311. The topological polar surface area (TPSA) is 74.5 Å². The second-order valence-electron chi connectivity index (χ2n) is 7.76. The fraction of sp³-hybridized carbons (Fsp3) is 0.320. The molecule has 1 heterocycles. The van der Waals surface area contributed by atoms with E-state index in [1.807, 2.05) is 24.3 Å². The van der Waals surface area contributed by atoms with Gasteiger partial charge in [-0.2, -0.15) is 5.10 Å². The largest absolute Gasteiger partial charge is 0.303 e. The summed E-state index contributed by atoms with van der Waals surface area (Å²) in [4.78, 5) is 31.7. The van der Waals surface area contributed by atoms with Crippen molar-refractivity contribution in [2.45, 2.75) is 45.1 Å². The number of nitrogens with zero attached hydrogens (tertiary/aromatic N) is 4. The first-order valence-corrected chi connectivity index (χ1v) is 10.5. The van der Waals surface area contributed by atoms with Crippen molar-refractivity contribution in [2.24, 2.45) is 15.1 Å². The van der Waals surface area contributed by atoms with Gasteiger partial charge in [0.15, 0.2) is 0 Å². The van der Waals surface area contributed by atoms with Gasteiger partial charge in [0.05, 0.1) is 17.4 Å². The smallest absolute Gasteiger partial charge is 0.243 e. The third kappa shape index (κ3) is 5.60. The Labute approximate surface area is 183 Å². The number of benzene rings is 2. The van der Waals surface area contributed by atoms with Crippen molar-refractivity contribution in [1.29, 1.82) is 0 Å². The summed E-state index contributed by atoms with van der Waals surface area (Å²) in [6, 6.07) is 15.9. The molecular weight excluding hydrogens is 388 g/mol. The highest BCUT2D eigenvalue weighted by molar-refractivity contribution is 6.16. The van der Waals surface area contributed by atoms with Crippen molar-refractivity contribution in [2.75, 3.05) is 7.05 Å². The van der Waals surface area contributed by atoms with Crippen LogP contribution in [-0.2, 0) is 9.59 Å². The lowest BCUT2D eigenvalue weighted by atomic mass is 9.96. The number of rotatable bonds is 8. The quantitative estimate of drug-likeness (QED) is 0.455. The lowest BCUT2D eigenvalue weighted by Crippen LogP contribution is -2.26. The van der Waals surface area contributed by atoms with E-state index in [0.29, 0.717) is 12.3 Å². The van der Waals surface area contributed by atoms with Gasteiger partial charge in [0.25, 0.3) is 0 Å². The average Bonchev–Trinajstić information content (AvgIpc) is 3.24. The molecule has 0 aliphatic carbocycles. The predicted octanol–water partition coefficient (Wildman–Crippen LogP) is 4.87. The third-order valence-corrected chi connectivity index (χ3v) is 5.27. The number of aldehydes is 1. The minimum absolute atomic E-state index is 0.146. The van der Waals surface area contributed by atoms with Crippen LogP contribution in [0.1, 0.15) is 61.8 Å². The summed E-state index contributed by atoms with van der Waals surface area (Å²) in [5.41, 5.74) is 4.95. The minimum atomic E-state index is -0.200. The SMILES string of the molecule is CN=CC=Nc1ccc(C2CC(c3ccc(C(C)C)cc3)=NN2C(=O)CCC=O)cc1. The van der Waals surface area contributed by atoms with Gasteiger partial charge in [0.2, 0.25) is 5.91 Å². The van der Waals surface area contributed by atoms with Gasteiger partial charge in [-0.3, -0.25) is 14.8 Å². The lowest BCUT2D eigenvalue weighted by molar-refractivity contribution is -0.133. The van der Waals surface area contributed by atoms with Gasteiger partial charge in [-0.25, -0.2) is 5.01 Å². The zero-order valence-corrected chi connectivity index (χ0v) is 18.2. The molecule has 2 aromatic carbocycles. The van der Waals surface area contributed by atoms with E-state index in [9.17, 15) is 9.59 Å². The number of aliphatic imine (C=N–C) groups is 2. The summed E-state index contributed by atoms with van der Waals surface area (Å²) in [6.45, 7) is 4.32. The molecule has 0 fully saturated rings. The second-order valence-corrected chi connectivity index (χ2v) is 7.76. The normalized spacial score (nSPS) is 16.5. The van der Waals surface area contributed by atoms with Crippen LogP contribution < -0.4 is 0 Å². The molecule has 0 radical (unpaired) electrons. The number of hydrogen-bond acceptors (Lipinski definition) is 5. The number of amides is 1. The number of hydrogen-bond donors (Lipinski definition) is 0. The van der Waals surface area contributed by atoms with Crippen molar-refractivity contribution in [3.05, 3.63) is 65.2 Å². The van der Waals surface area contributed by atoms with Gasteiger partial charge in [0, 0.05) is 38.7 Å². The molecule has 6 nitrogen and oxygen atoms in total. The van der Waals surface area contributed by atoms with E-state index in [1.165, 1.54) is 10.6 Å². The van der Waals surface area contributed by atoms with E-state index in [0.717, 1.165) is 28.8 Å². The highest BCUT2D eigenvalue weighted by Gasteiger charge is 2.32. The molecule has 2 aromatic rings. The maximum atomic E-state index is 12.8. The Kier molecular flexibility index (Phi) is 7.60. The molecule has 0 saturated carbocycles. The zero-order chi connectivity index (χ0) is 22.2. The Hall–Kier alpha value is -3.41. The van der Waals surface area contributed by atoms with E-state index in [-0.39, 0.29) is 24.8 Å². The molecule has 0 N–H and O–H groups in total. The molecule has 1 aliphatic heterocycles. The van der Waals surface area contributed by atoms with Crippen LogP contribution in [0.15, 0.2) is 63.6 Å². The molecule has 160 valence electrons. The number of hydrazone groups is 1. The molecule has 1 amide bonds. The van der Waals surface area contributed by atoms with E-state index in [1.54, 1.807) is 19.5 Å². The number of carbonyl (C=O) groups excluding carboxylic acids is 2. The maximum absolute atomic E-state index is 12.8. The summed E-state index contributed by atoms with van der Waals surface area (Å²) in [7, 11) is 1.69. The molecule has 3 rings (SSSR count). The standard InChI is InChI=1S/C25H28N4O2/c1-18(2)19-6-8-20(9-7-19)23-17-24(29(28-23)25(31)5-4-16-30)21-10-12-22(13-11-21)27-15-14-26-3/h6-16,18,24H,4-5,17H2,1-3H3. The number of carbonyl (C=O) groups is 2. The summed E-state index contributed by atoms with van der Waals surface area (Å²) in [6.07, 6.45) is 5.01. The zero-order valence-electron chi connectivity index (χ0n) is 18.2. The molecule has 0 bridgehead atoms. The van der Waals surface area contributed by atoms with Crippen molar-refractivity contribution in [3.63, 3.8) is 0 Å². The predicted molar refractivity (Wildman–Crippen MR) is 126 cm³/mol. The van der Waals surface area contributed by atoms with E-state index in [2.05, 4.69) is 53.2 Å². The average molecular weight is 417 g/mol. The molecule has 1 aliphatic rings. The van der Waals surface area contributed by atoms with Crippen molar-refractivity contribution >= 4 is 36.0 Å². The molecule has 1 atom stereocenters. The Morgan fingerprint density at radius 1 is 1.13 bits per heavy atom. The highest BCUT2D eigenvalue weighted by Crippen LogP contribution is 2.34. The van der Waals surface area contributed by atoms with Gasteiger partial charge in [0.1, 0.15) is 6.29 Å². The van der Waals surface area contributed by atoms with Gasteiger partial charge in [-0.05, 0) is 34.7 Å².